The van der Waals surface area contributed by atoms with Gasteiger partial charge in [-0.1, -0.05) is 33.6 Å². The average Bonchev–Trinajstić information content (AvgIpc) is 2.38. The zero-order valence-electron chi connectivity index (χ0n) is 11.4. The van der Waals surface area contributed by atoms with Crippen molar-refractivity contribution in [3.63, 3.8) is 0 Å². The molecule has 1 unspecified atom stereocenters. The lowest BCUT2D eigenvalue weighted by atomic mass is 10.1. The SMILES string of the molecule is Cc1ccc(OCc2ccc(F)cc2Br)c(C(C)O)c1. The van der Waals surface area contributed by atoms with Crippen LogP contribution in [-0.2, 0) is 6.61 Å². The van der Waals surface area contributed by atoms with Gasteiger partial charge in [0.05, 0.1) is 6.10 Å². The largest absolute Gasteiger partial charge is 0.488 e. The number of hydrogen-bond donors (Lipinski definition) is 1. The van der Waals surface area contributed by atoms with Crippen molar-refractivity contribution < 1.29 is 14.2 Å². The number of aryl methyl sites for hydroxylation is 1. The highest BCUT2D eigenvalue weighted by molar-refractivity contribution is 9.10. The van der Waals surface area contributed by atoms with Crippen LogP contribution in [0.5, 0.6) is 5.75 Å². The highest BCUT2D eigenvalue weighted by Gasteiger charge is 2.10. The van der Waals surface area contributed by atoms with Crippen molar-refractivity contribution >= 4 is 15.9 Å². The van der Waals surface area contributed by atoms with Crippen LogP contribution in [-0.4, -0.2) is 5.11 Å². The summed E-state index contributed by atoms with van der Waals surface area (Å²) in [5.41, 5.74) is 2.67. The molecule has 1 atom stereocenters. The molecular formula is C16H16BrFO2. The maximum atomic E-state index is 13.0. The van der Waals surface area contributed by atoms with Crippen molar-refractivity contribution in [2.75, 3.05) is 0 Å². The third kappa shape index (κ3) is 3.58. The van der Waals surface area contributed by atoms with Crippen molar-refractivity contribution in [3.05, 3.63) is 63.4 Å². The Bertz CT molecular complexity index is 611. The molecule has 2 nitrogen and oxygen atoms in total. The van der Waals surface area contributed by atoms with Gasteiger partial charge in [0.25, 0.3) is 0 Å². The quantitative estimate of drug-likeness (QED) is 0.887. The van der Waals surface area contributed by atoms with Crippen LogP contribution in [0, 0.1) is 12.7 Å². The highest BCUT2D eigenvalue weighted by atomic mass is 79.9. The van der Waals surface area contributed by atoms with Gasteiger partial charge in [0.2, 0.25) is 0 Å². The number of aliphatic hydroxyl groups is 1. The van der Waals surface area contributed by atoms with Crippen LogP contribution in [0.1, 0.15) is 29.7 Å². The van der Waals surface area contributed by atoms with Gasteiger partial charge in [-0.2, -0.15) is 0 Å². The minimum absolute atomic E-state index is 0.291. The Morgan fingerprint density at radius 2 is 2.00 bits per heavy atom. The average molecular weight is 339 g/mol. The van der Waals surface area contributed by atoms with E-state index < -0.39 is 6.10 Å². The second-order valence-corrected chi connectivity index (χ2v) is 5.60. The van der Waals surface area contributed by atoms with E-state index in [0.717, 1.165) is 16.7 Å². The lowest BCUT2D eigenvalue weighted by Crippen LogP contribution is -2.02. The molecule has 1 N–H and O–H groups in total. The van der Waals surface area contributed by atoms with Gasteiger partial charge >= 0.3 is 0 Å². The first-order valence-corrected chi connectivity index (χ1v) is 7.12. The van der Waals surface area contributed by atoms with E-state index >= 15 is 0 Å². The molecule has 0 saturated carbocycles. The predicted molar refractivity (Wildman–Crippen MR) is 80.2 cm³/mol. The van der Waals surface area contributed by atoms with E-state index in [-0.39, 0.29) is 5.82 Å². The summed E-state index contributed by atoms with van der Waals surface area (Å²) in [5.74, 6) is 0.349. The Hall–Kier alpha value is -1.39. The summed E-state index contributed by atoms with van der Waals surface area (Å²) < 4.78 is 19.4. The monoisotopic (exact) mass is 338 g/mol. The number of hydrogen-bond acceptors (Lipinski definition) is 2. The number of rotatable bonds is 4. The zero-order chi connectivity index (χ0) is 14.7. The molecule has 2 aromatic carbocycles. The van der Waals surface area contributed by atoms with E-state index in [1.54, 1.807) is 13.0 Å². The van der Waals surface area contributed by atoms with Gasteiger partial charge in [0.15, 0.2) is 0 Å². The topological polar surface area (TPSA) is 29.5 Å². The molecule has 0 amide bonds. The minimum atomic E-state index is -0.596. The van der Waals surface area contributed by atoms with E-state index in [1.165, 1.54) is 12.1 Å². The molecule has 4 heteroatoms. The Labute approximate surface area is 126 Å². The summed E-state index contributed by atoms with van der Waals surface area (Å²) in [6, 6.07) is 10.2. The summed E-state index contributed by atoms with van der Waals surface area (Å²) >= 11 is 3.31. The Balaban J connectivity index is 2.18. The highest BCUT2D eigenvalue weighted by Crippen LogP contribution is 2.28. The summed E-state index contributed by atoms with van der Waals surface area (Å²) in [7, 11) is 0. The van der Waals surface area contributed by atoms with Crippen LogP contribution in [0.15, 0.2) is 40.9 Å². The van der Waals surface area contributed by atoms with Crippen molar-refractivity contribution in [2.24, 2.45) is 0 Å². The van der Waals surface area contributed by atoms with Gasteiger partial charge in [0, 0.05) is 15.6 Å². The molecule has 0 saturated heterocycles. The molecule has 0 aliphatic carbocycles. The normalized spacial score (nSPS) is 12.2. The minimum Gasteiger partial charge on any atom is -0.488 e. The Morgan fingerprint density at radius 3 is 2.65 bits per heavy atom. The van der Waals surface area contributed by atoms with E-state index in [9.17, 15) is 9.50 Å². The standard InChI is InChI=1S/C16H16BrFO2/c1-10-3-6-16(14(7-10)11(2)19)20-9-12-4-5-13(18)8-15(12)17/h3-8,11,19H,9H2,1-2H3. The van der Waals surface area contributed by atoms with Crippen molar-refractivity contribution in [3.8, 4) is 5.75 Å². The molecule has 0 spiro atoms. The third-order valence-electron chi connectivity index (χ3n) is 3.01. The van der Waals surface area contributed by atoms with E-state index in [2.05, 4.69) is 15.9 Å². The van der Waals surface area contributed by atoms with Crippen LogP contribution < -0.4 is 4.74 Å². The summed E-state index contributed by atoms with van der Waals surface area (Å²) in [6.07, 6.45) is -0.596. The van der Waals surface area contributed by atoms with E-state index in [1.807, 2.05) is 25.1 Å². The Kier molecular flexibility index (Phi) is 4.78. The Morgan fingerprint density at radius 1 is 1.25 bits per heavy atom. The number of halogens is 2. The van der Waals surface area contributed by atoms with Crippen LogP contribution in [0.25, 0.3) is 0 Å². The van der Waals surface area contributed by atoms with E-state index in [4.69, 9.17) is 4.74 Å². The summed E-state index contributed by atoms with van der Waals surface area (Å²) in [5, 5.41) is 9.78. The van der Waals surface area contributed by atoms with Crippen LogP contribution in [0.2, 0.25) is 0 Å². The zero-order valence-corrected chi connectivity index (χ0v) is 12.9. The van der Waals surface area contributed by atoms with Crippen molar-refractivity contribution in [2.45, 2.75) is 26.6 Å². The van der Waals surface area contributed by atoms with E-state index in [0.29, 0.717) is 16.8 Å². The first-order valence-electron chi connectivity index (χ1n) is 6.32. The molecule has 0 radical (unpaired) electrons. The molecule has 0 fully saturated rings. The molecule has 2 aromatic rings. The molecule has 106 valence electrons. The molecule has 20 heavy (non-hydrogen) atoms. The number of ether oxygens (including phenoxy) is 1. The maximum absolute atomic E-state index is 13.0. The van der Waals surface area contributed by atoms with Gasteiger partial charge in [0.1, 0.15) is 18.2 Å². The second-order valence-electron chi connectivity index (χ2n) is 4.74. The number of aliphatic hydroxyl groups excluding tert-OH is 1. The van der Waals surface area contributed by atoms with Gasteiger partial charge in [-0.05, 0) is 38.1 Å². The molecular weight excluding hydrogens is 323 g/mol. The first kappa shape index (κ1) is 15.0. The van der Waals surface area contributed by atoms with Gasteiger partial charge < -0.3 is 9.84 Å². The lowest BCUT2D eigenvalue weighted by Gasteiger charge is -2.15. The molecule has 0 aliphatic rings. The molecule has 2 rings (SSSR count). The first-order chi connectivity index (χ1) is 9.47. The summed E-state index contributed by atoms with van der Waals surface area (Å²) in [6.45, 7) is 3.98. The van der Waals surface area contributed by atoms with Gasteiger partial charge in [-0.25, -0.2) is 4.39 Å². The maximum Gasteiger partial charge on any atom is 0.125 e. The predicted octanol–water partition coefficient (Wildman–Crippen LogP) is 4.53. The van der Waals surface area contributed by atoms with Crippen LogP contribution >= 0.6 is 15.9 Å². The second kappa shape index (κ2) is 6.37. The molecule has 0 aliphatic heterocycles. The van der Waals surface area contributed by atoms with Crippen LogP contribution in [0.4, 0.5) is 4.39 Å². The fourth-order valence-corrected chi connectivity index (χ4v) is 2.39. The molecule has 0 aromatic heterocycles. The van der Waals surface area contributed by atoms with Crippen molar-refractivity contribution in [1.82, 2.24) is 0 Å². The van der Waals surface area contributed by atoms with Gasteiger partial charge in [-0.15, -0.1) is 0 Å². The fraction of sp³-hybridized carbons (Fsp3) is 0.250. The number of benzene rings is 2. The molecule has 0 bridgehead atoms. The smallest absolute Gasteiger partial charge is 0.125 e. The van der Waals surface area contributed by atoms with Gasteiger partial charge in [-0.3, -0.25) is 0 Å². The molecule has 0 heterocycles. The fourth-order valence-electron chi connectivity index (χ4n) is 1.92. The van der Waals surface area contributed by atoms with Crippen molar-refractivity contribution in [1.29, 1.82) is 0 Å². The van der Waals surface area contributed by atoms with Crippen LogP contribution in [0.3, 0.4) is 0 Å². The summed E-state index contributed by atoms with van der Waals surface area (Å²) in [4.78, 5) is 0. The lowest BCUT2D eigenvalue weighted by molar-refractivity contribution is 0.190. The third-order valence-corrected chi connectivity index (χ3v) is 3.75.